The fourth-order valence-corrected chi connectivity index (χ4v) is 2.94. The molecular formula is C23H23NO3. The SMILES string of the molecule is CCCCc1ccc(C(=O)OC(c2ccccc2)c2ccccc2)c(=O)[nH]1. The van der Waals surface area contributed by atoms with E-state index in [1.807, 2.05) is 60.7 Å². The molecule has 0 aliphatic rings. The quantitative estimate of drug-likeness (QED) is 0.623. The van der Waals surface area contributed by atoms with Crippen molar-refractivity contribution in [2.45, 2.75) is 32.3 Å². The second-order valence-corrected chi connectivity index (χ2v) is 6.44. The van der Waals surface area contributed by atoms with E-state index in [4.69, 9.17) is 4.74 Å². The molecule has 1 heterocycles. The number of H-pyrrole nitrogens is 1. The summed E-state index contributed by atoms with van der Waals surface area (Å²) in [5.41, 5.74) is 2.16. The Morgan fingerprint density at radius 2 is 1.52 bits per heavy atom. The van der Waals surface area contributed by atoms with Gasteiger partial charge in [0.25, 0.3) is 5.56 Å². The van der Waals surface area contributed by atoms with Gasteiger partial charge in [0.1, 0.15) is 5.56 Å². The molecule has 0 unspecified atom stereocenters. The first-order valence-electron chi connectivity index (χ1n) is 9.22. The van der Waals surface area contributed by atoms with E-state index < -0.39 is 17.6 Å². The molecule has 0 fully saturated rings. The Bertz CT molecular complexity index is 893. The molecule has 138 valence electrons. The second-order valence-electron chi connectivity index (χ2n) is 6.44. The number of esters is 1. The number of unbranched alkanes of at least 4 members (excludes halogenated alkanes) is 1. The van der Waals surface area contributed by atoms with Gasteiger partial charge in [0.2, 0.25) is 0 Å². The zero-order valence-corrected chi connectivity index (χ0v) is 15.4. The van der Waals surface area contributed by atoms with Crippen LogP contribution in [0.3, 0.4) is 0 Å². The number of carbonyl (C=O) groups is 1. The van der Waals surface area contributed by atoms with Crippen LogP contribution in [0, 0.1) is 0 Å². The van der Waals surface area contributed by atoms with Crippen molar-refractivity contribution >= 4 is 5.97 Å². The van der Waals surface area contributed by atoms with E-state index in [0.29, 0.717) is 0 Å². The largest absolute Gasteiger partial charge is 0.449 e. The van der Waals surface area contributed by atoms with Crippen LogP contribution in [0.15, 0.2) is 77.6 Å². The van der Waals surface area contributed by atoms with Crippen molar-refractivity contribution in [1.29, 1.82) is 0 Å². The molecule has 3 aromatic rings. The highest BCUT2D eigenvalue weighted by Gasteiger charge is 2.21. The monoisotopic (exact) mass is 361 g/mol. The summed E-state index contributed by atoms with van der Waals surface area (Å²) in [7, 11) is 0. The lowest BCUT2D eigenvalue weighted by molar-refractivity contribution is 0.0376. The van der Waals surface area contributed by atoms with E-state index in [2.05, 4.69) is 11.9 Å². The van der Waals surface area contributed by atoms with Gasteiger partial charge in [-0.25, -0.2) is 4.79 Å². The van der Waals surface area contributed by atoms with Crippen LogP contribution in [0.5, 0.6) is 0 Å². The van der Waals surface area contributed by atoms with Gasteiger partial charge in [-0.2, -0.15) is 0 Å². The number of rotatable bonds is 7. The van der Waals surface area contributed by atoms with E-state index in [9.17, 15) is 9.59 Å². The zero-order valence-electron chi connectivity index (χ0n) is 15.4. The first kappa shape index (κ1) is 18.6. The average molecular weight is 361 g/mol. The summed E-state index contributed by atoms with van der Waals surface area (Å²) < 4.78 is 5.75. The number of ether oxygens (including phenoxy) is 1. The van der Waals surface area contributed by atoms with Crippen LogP contribution >= 0.6 is 0 Å². The average Bonchev–Trinajstić information content (AvgIpc) is 2.71. The molecular weight excluding hydrogens is 338 g/mol. The third-order valence-corrected chi connectivity index (χ3v) is 4.42. The number of aryl methyl sites for hydroxylation is 1. The Kier molecular flexibility index (Phi) is 6.21. The fraction of sp³-hybridized carbons (Fsp3) is 0.217. The molecule has 0 aliphatic carbocycles. The molecule has 0 bridgehead atoms. The summed E-state index contributed by atoms with van der Waals surface area (Å²) in [5.74, 6) is -0.629. The Labute approximate surface area is 158 Å². The normalized spacial score (nSPS) is 10.7. The van der Waals surface area contributed by atoms with Gasteiger partial charge in [0.05, 0.1) is 0 Å². The maximum Gasteiger partial charge on any atom is 0.344 e. The number of aromatic nitrogens is 1. The van der Waals surface area contributed by atoms with Crippen LogP contribution in [0.2, 0.25) is 0 Å². The van der Waals surface area contributed by atoms with Crippen LogP contribution < -0.4 is 5.56 Å². The van der Waals surface area contributed by atoms with E-state index in [-0.39, 0.29) is 5.56 Å². The molecule has 0 amide bonds. The van der Waals surface area contributed by atoms with Crippen molar-refractivity contribution in [3.8, 4) is 0 Å². The smallest absolute Gasteiger partial charge is 0.344 e. The zero-order chi connectivity index (χ0) is 19.1. The Balaban J connectivity index is 1.86. The maximum absolute atomic E-state index is 12.7. The van der Waals surface area contributed by atoms with Gasteiger partial charge < -0.3 is 9.72 Å². The Morgan fingerprint density at radius 1 is 0.926 bits per heavy atom. The predicted molar refractivity (Wildman–Crippen MR) is 106 cm³/mol. The van der Waals surface area contributed by atoms with Crippen LogP contribution in [-0.2, 0) is 11.2 Å². The lowest BCUT2D eigenvalue weighted by Crippen LogP contribution is -2.22. The second kappa shape index (κ2) is 8.99. The molecule has 0 saturated carbocycles. The minimum absolute atomic E-state index is 0.0205. The van der Waals surface area contributed by atoms with Crippen molar-refractivity contribution in [3.63, 3.8) is 0 Å². The van der Waals surface area contributed by atoms with Crippen LogP contribution in [-0.4, -0.2) is 11.0 Å². The molecule has 2 aromatic carbocycles. The summed E-state index contributed by atoms with van der Waals surface area (Å²) in [5, 5.41) is 0. The number of carbonyl (C=O) groups excluding carboxylic acids is 1. The van der Waals surface area contributed by atoms with E-state index in [1.165, 1.54) is 0 Å². The summed E-state index contributed by atoms with van der Waals surface area (Å²) >= 11 is 0. The minimum atomic E-state index is -0.629. The van der Waals surface area contributed by atoms with Crippen molar-refractivity contribution < 1.29 is 9.53 Å². The summed E-state index contributed by atoms with van der Waals surface area (Å²) in [6, 6.07) is 22.4. The summed E-state index contributed by atoms with van der Waals surface area (Å²) in [4.78, 5) is 27.8. The molecule has 1 N–H and O–H groups in total. The minimum Gasteiger partial charge on any atom is -0.449 e. The Hall–Kier alpha value is -3.14. The van der Waals surface area contributed by atoms with Gasteiger partial charge in [0.15, 0.2) is 6.10 Å². The first-order valence-corrected chi connectivity index (χ1v) is 9.22. The topological polar surface area (TPSA) is 59.2 Å². The lowest BCUT2D eigenvalue weighted by Gasteiger charge is -2.18. The van der Waals surface area contributed by atoms with Crippen LogP contribution in [0.25, 0.3) is 0 Å². The molecule has 0 aliphatic heterocycles. The van der Waals surface area contributed by atoms with Gasteiger partial charge in [0, 0.05) is 5.69 Å². The van der Waals surface area contributed by atoms with Crippen molar-refractivity contribution in [2.24, 2.45) is 0 Å². The van der Waals surface area contributed by atoms with Gasteiger partial charge in [-0.1, -0.05) is 74.0 Å². The molecule has 4 nitrogen and oxygen atoms in total. The molecule has 1 aromatic heterocycles. The predicted octanol–water partition coefficient (Wildman–Crippen LogP) is 4.66. The molecule has 0 radical (unpaired) electrons. The number of hydrogen-bond donors (Lipinski definition) is 1. The molecule has 0 saturated heterocycles. The van der Waals surface area contributed by atoms with E-state index in [1.54, 1.807) is 12.1 Å². The molecule has 27 heavy (non-hydrogen) atoms. The summed E-state index contributed by atoms with van der Waals surface area (Å²) in [6.07, 6.45) is 2.25. The van der Waals surface area contributed by atoms with Crippen molar-refractivity contribution in [2.75, 3.05) is 0 Å². The van der Waals surface area contributed by atoms with Crippen LogP contribution in [0.4, 0.5) is 0 Å². The highest BCUT2D eigenvalue weighted by Crippen LogP contribution is 2.26. The number of nitrogens with one attached hydrogen (secondary N) is 1. The molecule has 4 heteroatoms. The van der Waals surface area contributed by atoms with Gasteiger partial charge in [-0.05, 0) is 36.1 Å². The molecule has 0 spiro atoms. The summed E-state index contributed by atoms with van der Waals surface area (Å²) in [6.45, 7) is 2.09. The fourth-order valence-electron chi connectivity index (χ4n) is 2.94. The highest BCUT2D eigenvalue weighted by atomic mass is 16.5. The number of benzene rings is 2. The maximum atomic E-state index is 12.7. The third-order valence-electron chi connectivity index (χ3n) is 4.42. The van der Waals surface area contributed by atoms with Crippen LogP contribution in [0.1, 0.15) is 53.0 Å². The van der Waals surface area contributed by atoms with Gasteiger partial charge in [-0.15, -0.1) is 0 Å². The van der Waals surface area contributed by atoms with E-state index in [0.717, 1.165) is 36.1 Å². The number of pyridine rings is 1. The lowest BCUT2D eigenvalue weighted by atomic mass is 10.0. The number of aromatic amines is 1. The highest BCUT2D eigenvalue weighted by molar-refractivity contribution is 5.89. The molecule has 3 rings (SSSR count). The third kappa shape index (κ3) is 4.73. The van der Waals surface area contributed by atoms with Crippen molar-refractivity contribution in [3.05, 3.63) is 106 Å². The first-order chi connectivity index (χ1) is 13.2. The number of hydrogen-bond acceptors (Lipinski definition) is 3. The van der Waals surface area contributed by atoms with E-state index >= 15 is 0 Å². The van der Waals surface area contributed by atoms with Gasteiger partial charge in [-0.3, -0.25) is 4.79 Å². The Morgan fingerprint density at radius 3 is 2.04 bits per heavy atom. The van der Waals surface area contributed by atoms with Gasteiger partial charge >= 0.3 is 5.97 Å². The standard InChI is InChI=1S/C23H23NO3/c1-2-3-14-19-15-16-20(22(25)24-19)23(26)27-21(17-10-6-4-7-11-17)18-12-8-5-9-13-18/h4-13,15-16,21H,2-3,14H2,1H3,(H,24,25). The molecule has 0 atom stereocenters. The van der Waals surface area contributed by atoms with Crippen molar-refractivity contribution in [1.82, 2.24) is 4.98 Å².